The van der Waals surface area contributed by atoms with Crippen molar-refractivity contribution in [3.05, 3.63) is 39.0 Å². The molecule has 0 atom stereocenters. The zero-order chi connectivity index (χ0) is 31.9. The van der Waals surface area contributed by atoms with Crippen molar-refractivity contribution in [2.24, 2.45) is 4.99 Å². The summed E-state index contributed by atoms with van der Waals surface area (Å²) in [4.78, 5) is 55.9. The number of nitrogens with zero attached hydrogens (tertiary/aromatic N) is 2. The van der Waals surface area contributed by atoms with Gasteiger partial charge in [-0.25, -0.2) is 13.2 Å². The first-order valence-electron chi connectivity index (χ1n) is 14.4. The maximum absolute atomic E-state index is 12.9. The predicted molar refractivity (Wildman–Crippen MR) is 167 cm³/mol. The van der Waals surface area contributed by atoms with E-state index in [1.807, 2.05) is 6.92 Å². The second-order valence-electron chi connectivity index (χ2n) is 9.91. The number of esters is 2. The molecule has 1 aliphatic rings. The summed E-state index contributed by atoms with van der Waals surface area (Å²) in [7, 11) is -4.24. The average molecular weight is 666 g/mol. The zero-order valence-corrected chi connectivity index (χ0v) is 27.3. The monoisotopic (exact) mass is 665 g/mol. The highest BCUT2D eigenvalue weighted by Gasteiger charge is 2.28. The Morgan fingerprint density at radius 2 is 1.70 bits per heavy atom. The lowest BCUT2D eigenvalue weighted by atomic mass is 10.1. The number of aryl methyl sites for hydroxylation is 1. The molecule has 0 unspecified atom stereocenters. The minimum absolute atomic E-state index is 0.102. The summed E-state index contributed by atoms with van der Waals surface area (Å²) in [5, 5.41) is 2.83. The molecule has 0 saturated heterocycles. The van der Waals surface area contributed by atoms with Crippen molar-refractivity contribution < 1.29 is 41.8 Å². The zero-order valence-electron chi connectivity index (χ0n) is 24.8. The van der Waals surface area contributed by atoms with E-state index < -0.39 is 45.1 Å². The van der Waals surface area contributed by atoms with Crippen LogP contribution in [0.15, 0.2) is 23.2 Å². The maximum atomic E-state index is 12.9. The molecule has 2 aromatic heterocycles. The van der Waals surface area contributed by atoms with Crippen LogP contribution in [0.5, 0.6) is 5.75 Å². The van der Waals surface area contributed by atoms with Gasteiger partial charge in [0.05, 0.1) is 35.6 Å². The summed E-state index contributed by atoms with van der Waals surface area (Å²) in [6, 6.07) is 5.17. The van der Waals surface area contributed by atoms with Crippen LogP contribution in [0.25, 0.3) is 10.2 Å². The van der Waals surface area contributed by atoms with Gasteiger partial charge in [-0.2, -0.15) is 4.99 Å². The van der Waals surface area contributed by atoms with Crippen LogP contribution in [-0.2, 0) is 53.1 Å². The molecule has 15 heteroatoms. The number of thiophene rings is 1. The molecule has 0 saturated carbocycles. The third kappa shape index (κ3) is 8.33. The van der Waals surface area contributed by atoms with Crippen LogP contribution in [0.3, 0.4) is 0 Å². The van der Waals surface area contributed by atoms with Crippen molar-refractivity contribution in [1.29, 1.82) is 0 Å². The topological polar surface area (TPSA) is 159 Å². The van der Waals surface area contributed by atoms with Gasteiger partial charge in [-0.1, -0.05) is 17.8 Å². The van der Waals surface area contributed by atoms with Crippen molar-refractivity contribution >= 4 is 71.5 Å². The van der Waals surface area contributed by atoms with Gasteiger partial charge in [0.2, 0.25) is 5.91 Å². The molecule has 4 rings (SSSR count). The number of ether oxygens (including phenoxy) is 3. The predicted octanol–water partition coefficient (Wildman–Crippen LogP) is 3.65. The maximum Gasteiger partial charge on any atom is 0.341 e. The highest BCUT2D eigenvalue weighted by molar-refractivity contribution is 7.92. The van der Waals surface area contributed by atoms with Crippen molar-refractivity contribution in [2.75, 3.05) is 36.6 Å². The number of hydrogen-bond donors (Lipinski definition) is 1. The van der Waals surface area contributed by atoms with Crippen molar-refractivity contribution in [3.63, 3.8) is 0 Å². The molecule has 2 amide bonds. The van der Waals surface area contributed by atoms with E-state index in [0.29, 0.717) is 29.0 Å². The quantitative estimate of drug-likeness (QED) is 0.225. The lowest BCUT2D eigenvalue weighted by molar-refractivity contribution is -0.143. The van der Waals surface area contributed by atoms with Crippen molar-refractivity contribution in [3.8, 4) is 5.75 Å². The van der Waals surface area contributed by atoms with Crippen LogP contribution in [0, 0.1) is 0 Å². The highest BCUT2D eigenvalue weighted by atomic mass is 32.2. The third-order valence-corrected chi connectivity index (χ3v) is 10.3. The molecular formula is C29H35N3O9S3. The first-order valence-corrected chi connectivity index (χ1v) is 17.8. The summed E-state index contributed by atoms with van der Waals surface area (Å²) >= 11 is 2.34. The molecule has 44 heavy (non-hydrogen) atoms. The number of fused-ring (bicyclic) bond motifs is 2. The Kier molecular flexibility index (Phi) is 11.3. The van der Waals surface area contributed by atoms with E-state index in [0.717, 1.165) is 47.5 Å². The van der Waals surface area contributed by atoms with Gasteiger partial charge >= 0.3 is 11.9 Å². The summed E-state index contributed by atoms with van der Waals surface area (Å²) < 4.78 is 43.8. The van der Waals surface area contributed by atoms with E-state index in [1.165, 1.54) is 15.9 Å². The van der Waals surface area contributed by atoms with Crippen LogP contribution in [-0.4, -0.2) is 68.1 Å². The molecule has 0 bridgehead atoms. The number of rotatable bonds is 12. The van der Waals surface area contributed by atoms with Crippen LogP contribution < -0.4 is 14.9 Å². The average Bonchev–Trinajstić information content (AvgIpc) is 3.34. The van der Waals surface area contributed by atoms with E-state index in [4.69, 9.17) is 14.2 Å². The molecule has 0 fully saturated rings. The fourth-order valence-corrected chi connectivity index (χ4v) is 8.26. The molecule has 12 nitrogen and oxygen atoms in total. The molecule has 238 valence electrons. The van der Waals surface area contributed by atoms with E-state index >= 15 is 0 Å². The Labute approximate surface area is 263 Å². The van der Waals surface area contributed by atoms with Gasteiger partial charge in [0.1, 0.15) is 28.8 Å². The van der Waals surface area contributed by atoms with Gasteiger partial charge in [-0.3, -0.25) is 14.4 Å². The molecule has 1 aromatic carbocycles. The lowest BCUT2D eigenvalue weighted by Crippen LogP contribution is -2.29. The van der Waals surface area contributed by atoms with Gasteiger partial charge in [-0.15, -0.1) is 11.3 Å². The van der Waals surface area contributed by atoms with Crippen LogP contribution in [0.4, 0.5) is 5.00 Å². The van der Waals surface area contributed by atoms with E-state index in [1.54, 1.807) is 32.0 Å². The fraction of sp³-hybridized carbons (Fsp3) is 0.483. The molecule has 1 aliphatic carbocycles. The van der Waals surface area contributed by atoms with Gasteiger partial charge in [0, 0.05) is 4.88 Å². The molecule has 0 spiro atoms. The highest BCUT2D eigenvalue weighted by Crippen LogP contribution is 2.38. The number of hydrogen-bond acceptors (Lipinski definition) is 11. The fourth-order valence-electron chi connectivity index (χ4n) is 4.87. The number of thiazole rings is 1. The molecule has 2 heterocycles. The van der Waals surface area contributed by atoms with Crippen molar-refractivity contribution in [1.82, 2.24) is 4.57 Å². The van der Waals surface area contributed by atoms with Gasteiger partial charge in [-0.05, 0) is 70.2 Å². The van der Waals surface area contributed by atoms with Gasteiger partial charge < -0.3 is 24.1 Å². The minimum Gasteiger partial charge on any atom is -0.494 e. The first-order chi connectivity index (χ1) is 21.0. The van der Waals surface area contributed by atoms with Crippen molar-refractivity contribution in [2.45, 2.75) is 59.4 Å². The van der Waals surface area contributed by atoms with Gasteiger partial charge in [0.25, 0.3) is 5.91 Å². The first kappa shape index (κ1) is 33.3. The number of nitrogens with one attached hydrogen (secondary N) is 1. The molecule has 1 N–H and O–H groups in total. The Balaban J connectivity index is 1.54. The van der Waals surface area contributed by atoms with Crippen LogP contribution in [0.2, 0.25) is 0 Å². The minimum atomic E-state index is -4.24. The SMILES string of the molecule is CCOC(=O)Cn1c(=NC(=O)CS(=O)(=O)CC(=O)Nc2sc3c(c2C(=O)OCC)CCCCC3)sc2cc(OCC)ccc21. The lowest BCUT2D eigenvalue weighted by Gasteiger charge is -2.08. The third-order valence-electron chi connectivity index (χ3n) is 6.63. The second kappa shape index (κ2) is 14.9. The Hall–Kier alpha value is -3.56. The number of aromatic nitrogens is 1. The number of carbonyl (C=O) groups is 4. The van der Waals surface area contributed by atoms with Crippen LogP contribution >= 0.6 is 22.7 Å². The summed E-state index contributed by atoms with van der Waals surface area (Å²) in [6.07, 6.45) is 4.32. The molecule has 3 aromatic rings. The molecule has 0 radical (unpaired) electrons. The Morgan fingerprint density at radius 3 is 2.43 bits per heavy atom. The molecule has 0 aliphatic heterocycles. The summed E-state index contributed by atoms with van der Waals surface area (Å²) in [5.74, 6) is -4.40. The smallest absolute Gasteiger partial charge is 0.341 e. The number of carbonyl (C=O) groups excluding carboxylic acids is 4. The number of amides is 2. The van der Waals surface area contributed by atoms with Crippen LogP contribution in [0.1, 0.15) is 60.8 Å². The number of anilines is 1. The van der Waals surface area contributed by atoms with E-state index in [2.05, 4.69) is 10.3 Å². The number of benzene rings is 1. The largest absolute Gasteiger partial charge is 0.494 e. The van der Waals surface area contributed by atoms with E-state index in [-0.39, 0.29) is 35.1 Å². The van der Waals surface area contributed by atoms with E-state index in [9.17, 15) is 27.6 Å². The molecular weight excluding hydrogens is 631 g/mol. The summed E-state index contributed by atoms with van der Waals surface area (Å²) in [5.41, 5.74) is 1.70. The number of sulfone groups is 1. The second-order valence-corrected chi connectivity index (χ2v) is 14.1. The standard InChI is InChI=1S/C29H35N3O9S3/c1-4-39-18-12-13-20-22(14-18)43-29(32(20)15-25(35)40-5-2)31-24(34)17-44(37,38)16-23(33)30-27-26(28(36)41-6-3)19-10-8-7-9-11-21(19)42-27/h12-14H,4-11,15-17H2,1-3H3,(H,30,33). The summed E-state index contributed by atoms with van der Waals surface area (Å²) in [6.45, 7) is 5.72. The normalized spacial score (nSPS) is 13.7. The van der Waals surface area contributed by atoms with Gasteiger partial charge in [0.15, 0.2) is 14.6 Å². The Bertz CT molecular complexity index is 1740. The Morgan fingerprint density at radius 1 is 0.955 bits per heavy atom.